The van der Waals surface area contributed by atoms with E-state index in [0.717, 1.165) is 19.3 Å². The molecule has 0 aliphatic carbocycles. The molecule has 0 saturated heterocycles. The molecule has 39 heavy (non-hydrogen) atoms. The van der Waals surface area contributed by atoms with Gasteiger partial charge in [-0.3, -0.25) is 9.52 Å². The van der Waals surface area contributed by atoms with Crippen molar-refractivity contribution < 1.29 is 32.3 Å². The minimum atomic E-state index is -4.03. The Labute approximate surface area is 231 Å². The number of aromatic nitrogens is 1. The zero-order valence-corrected chi connectivity index (χ0v) is 24.5. The highest BCUT2D eigenvalue weighted by molar-refractivity contribution is 7.92. The van der Waals surface area contributed by atoms with E-state index < -0.39 is 16.1 Å². The first-order chi connectivity index (χ1) is 18.5. The van der Waals surface area contributed by atoms with E-state index in [4.69, 9.17) is 14.0 Å². The lowest BCUT2D eigenvalue weighted by Crippen LogP contribution is -2.47. The van der Waals surface area contributed by atoms with Crippen LogP contribution in [0, 0.1) is 19.8 Å². The van der Waals surface area contributed by atoms with Crippen LogP contribution in [-0.2, 0) is 14.8 Å². The van der Waals surface area contributed by atoms with Crippen molar-refractivity contribution in [2.24, 2.45) is 5.92 Å². The second-order valence-corrected chi connectivity index (χ2v) is 11.9. The minimum Gasteiger partial charge on any atom is -0.490 e. The van der Waals surface area contributed by atoms with E-state index in [1.54, 1.807) is 30.9 Å². The van der Waals surface area contributed by atoms with Gasteiger partial charge in [0.15, 0.2) is 10.7 Å². The van der Waals surface area contributed by atoms with Gasteiger partial charge in [-0.25, -0.2) is 8.42 Å². The van der Waals surface area contributed by atoms with Gasteiger partial charge in [0.25, 0.3) is 15.9 Å². The molecule has 0 unspecified atom stereocenters. The fourth-order valence-electron chi connectivity index (χ4n) is 4.74. The first-order valence-electron chi connectivity index (χ1n) is 13.4. The molecule has 0 bridgehead atoms. The van der Waals surface area contributed by atoms with Crippen LogP contribution in [-0.4, -0.2) is 81.1 Å². The summed E-state index contributed by atoms with van der Waals surface area (Å²) in [5, 5.41) is 16.9. The average molecular weight is 567 g/mol. The van der Waals surface area contributed by atoms with Gasteiger partial charge in [-0.1, -0.05) is 12.1 Å². The van der Waals surface area contributed by atoms with E-state index in [0.29, 0.717) is 25.4 Å². The van der Waals surface area contributed by atoms with Gasteiger partial charge in [0.2, 0.25) is 0 Å². The van der Waals surface area contributed by atoms with Crippen LogP contribution in [0.5, 0.6) is 5.75 Å². The third-order valence-corrected chi connectivity index (χ3v) is 8.57. The van der Waals surface area contributed by atoms with Gasteiger partial charge in [0, 0.05) is 31.3 Å². The van der Waals surface area contributed by atoms with Gasteiger partial charge in [-0.15, -0.1) is 0 Å². The quantitative estimate of drug-likeness (QED) is 0.461. The van der Waals surface area contributed by atoms with Crippen LogP contribution >= 0.6 is 0 Å². The molecule has 0 fully saturated rings. The van der Waals surface area contributed by atoms with E-state index in [1.807, 2.05) is 20.9 Å². The number of likely N-dealkylation sites (N-methyl/N-ethyl adjacent to an activating group) is 1. The molecule has 1 aliphatic rings. The van der Waals surface area contributed by atoms with Crippen LogP contribution in [0.3, 0.4) is 0 Å². The van der Waals surface area contributed by atoms with Gasteiger partial charge < -0.3 is 29.3 Å². The molecule has 11 nitrogen and oxygen atoms in total. The maximum absolute atomic E-state index is 14.1. The fourth-order valence-corrected chi connectivity index (χ4v) is 6.12. The number of sulfonamides is 1. The lowest BCUT2D eigenvalue weighted by Gasteiger charge is -2.34. The Morgan fingerprint density at radius 2 is 1.97 bits per heavy atom. The number of nitrogens with one attached hydrogen (secondary N) is 2. The molecule has 0 saturated carbocycles. The molecule has 3 N–H and O–H groups in total. The number of amides is 1. The smallest absolute Gasteiger partial charge is 0.267 e. The van der Waals surface area contributed by atoms with E-state index in [1.165, 1.54) is 13.0 Å². The number of ether oxygens (including phenoxy) is 2. The number of hydrogen-bond donors (Lipinski definition) is 3. The summed E-state index contributed by atoms with van der Waals surface area (Å²) in [6, 6.07) is 4.17. The molecule has 218 valence electrons. The lowest BCUT2D eigenvalue weighted by atomic mass is 10.0. The number of fused-ring (bicyclic) bond motifs is 1. The number of carbonyl (C=O) groups is 1. The van der Waals surface area contributed by atoms with Gasteiger partial charge in [-0.2, -0.15) is 0 Å². The molecule has 1 aromatic heterocycles. The molecule has 1 aromatic carbocycles. The largest absolute Gasteiger partial charge is 0.490 e. The summed E-state index contributed by atoms with van der Waals surface area (Å²) in [6.45, 7) is 10.1. The molecule has 1 amide bonds. The van der Waals surface area contributed by atoms with E-state index in [9.17, 15) is 18.3 Å². The summed E-state index contributed by atoms with van der Waals surface area (Å²) < 4.78 is 46.3. The van der Waals surface area contributed by atoms with Crippen molar-refractivity contribution in [3.63, 3.8) is 0 Å². The number of rotatable bonds is 7. The molecule has 0 radical (unpaired) electrons. The molecule has 12 heteroatoms. The summed E-state index contributed by atoms with van der Waals surface area (Å²) in [5.74, 6) is 0.115. The van der Waals surface area contributed by atoms with Crippen LogP contribution in [0.25, 0.3) is 0 Å². The van der Waals surface area contributed by atoms with Crippen molar-refractivity contribution in [3.05, 3.63) is 35.2 Å². The summed E-state index contributed by atoms with van der Waals surface area (Å²) in [6.07, 6.45) is 2.24. The highest BCUT2D eigenvalue weighted by Crippen LogP contribution is 2.30. The maximum Gasteiger partial charge on any atom is 0.267 e. The molecule has 4 atom stereocenters. The topological polar surface area (TPSA) is 143 Å². The molecule has 3 rings (SSSR count). The number of aryl methyl sites for hydroxylation is 2. The van der Waals surface area contributed by atoms with E-state index >= 15 is 0 Å². The summed E-state index contributed by atoms with van der Waals surface area (Å²) >= 11 is 0. The Bertz CT molecular complexity index is 1200. The zero-order valence-electron chi connectivity index (χ0n) is 23.7. The number of aliphatic hydroxyl groups is 1. The number of nitrogens with zero attached hydrogens (tertiary/aromatic N) is 2. The normalized spacial score (nSPS) is 22.5. The summed E-state index contributed by atoms with van der Waals surface area (Å²) in [4.78, 5) is 15.6. The van der Waals surface area contributed by atoms with Gasteiger partial charge in [0.05, 0.1) is 30.4 Å². The monoisotopic (exact) mass is 566 g/mol. The van der Waals surface area contributed by atoms with Crippen molar-refractivity contribution >= 4 is 21.6 Å². The number of aliphatic hydroxyl groups excluding tert-OH is 1. The molecule has 2 aromatic rings. The van der Waals surface area contributed by atoms with Crippen LogP contribution in [0.15, 0.2) is 27.6 Å². The Morgan fingerprint density at radius 1 is 1.23 bits per heavy atom. The van der Waals surface area contributed by atoms with Crippen molar-refractivity contribution in [3.8, 4) is 5.75 Å². The molecular formula is C27H42N4O7S. The second-order valence-electron chi connectivity index (χ2n) is 10.3. The maximum atomic E-state index is 14.1. The SMILES string of the molecule is CNC[C@@H]1OCCCC[C@@H](C)Oc2ccc(NS(=O)(=O)c3c(C)noc3C)cc2C(=O)N([C@@H](C)CO)C[C@H]1C. The Kier molecular flexibility index (Phi) is 10.8. The zero-order chi connectivity index (χ0) is 28.7. The Balaban J connectivity index is 2.04. The van der Waals surface area contributed by atoms with Crippen LogP contribution in [0.2, 0.25) is 0 Å². The third-order valence-electron chi connectivity index (χ3n) is 6.95. The van der Waals surface area contributed by atoms with E-state index in [2.05, 4.69) is 15.2 Å². The Morgan fingerprint density at radius 3 is 2.62 bits per heavy atom. The van der Waals surface area contributed by atoms with E-state index in [-0.39, 0.29) is 58.2 Å². The third kappa shape index (κ3) is 7.71. The second kappa shape index (κ2) is 13.6. The first kappa shape index (κ1) is 30.9. The average Bonchev–Trinajstić information content (AvgIpc) is 3.24. The van der Waals surface area contributed by atoms with Crippen molar-refractivity contribution in [1.29, 1.82) is 0 Å². The lowest BCUT2D eigenvalue weighted by molar-refractivity contribution is -0.000450. The Hall–Kier alpha value is -2.67. The molecule has 0 spiro atoms. The first-order valence-corrected chi connectivity index (χ1v) is 14.9. The van der Waals surface area contributed by atoms with Gasteiger partial charge in [-0.05, 0) is 72.2 Å². The van der Waals surface area contributed by atoms with Crippen LogP contribution in [0.1, 0.15) is 61.8 Å². The predicted molar refractivity (Wildman–Crippen MR) is 148 cm³/mol. The summed E-state index contributed by atoms with van der Waals surface area (Å²) in [5.41, 5.74) is 0.638. The standard InChI is InChI=1S/C27H42N4O7S/c1-17-15-31(18(2)16-32)27(33)23-13-22(30-39(34,35)26-20(4)29-38-21(26)5)10-11-24(23)37-19(3)9-7-8-12-36-25(17)14-28-6/h10-11,13,17-19,25,28,30,32H,7-9,12,14-16H2,1-6H3/t17-,18+,19-,25+/m1/s1. The van der Waals surface area contributed by atoms with Crippen LogP contribution < -0.4 is 14.8 Å². The van der Waals surface area contributed by atoms with Crippen molar-refractivity contribution in [1.82, 2.24) is 15.4 Å². The number of hydrogen-bond acceptors (Lipinski definition) is 9. The van der Waals surface area contributed by atoms with Gasteiger partial charge in [0.1, 0.15) is 11.4 Å². The predicted octanol–water partition coefficient (Wildman–Crippen LogP) is 3.11. The molecule has 1 aliphatic heterocycles. The minimum absolute atomic E-state index is 0.0390. The number of benzene rings is 1. The van der Waals surface area contributed by atoms with Gasteiger partial charge >= 0.3 is 0 Å². The highest BCUT2D eigenvalue weighted by atomic mass is 32.2. The molecular weight excluding hydrogens is 524 g/mol. The van der Waals surface area contributed by atoms with Crippen LogP contribution in [0.4, 0.5) is 5.69 Å². The number of anilines is 1. The fraction of sp³-hybridized carbons (Fsp3) is 0.630. The summed E-state index contributed by atoms with van der Waals surface area (Å²) in [7, 11) is -2.17. The highest BCUT2D eigenvalue weighted by Gasteiger charge is 2.30. The van der Waals surface area contributed by atoms with Crippen molar-refractivity contribution in [2.75, 3.05) is 38.1 Å². The number of carbonyl (C=O) groups excluding carboxylic acids is 1. The van der Waals surface area contributed by atoms with Crippen molar-refractivity contribution in [2.45, 2.75) is 77.0 Å². The molecule has 2 heterocycles.